The van der Waals surface area contributed by atoms with Gasteiger partial charge < -0.3 is 14.5 Å². The second-order valence-corrected chi connectivity index (χ2v) is 9.08. The Balaban J connectivity index is 1.41. The Bertz CT molecular complexity index is 1290. The van der Waals surface area contributed by atoms with Crippen LogP contribution >= 0.6 is 0 Å². The van der Waals surface area contributed by atoms with Gasteiger partial charge in [-0.05, 0) is 51.0 Å². The maximum atomic E-state index is 13.0. The number of ketones is 1. The maximum Gasteiger partial charge on any atom is 0.306 e. The van der Waals surface area contributed by atoms with Gasteiger partial charge in [0.05, 0.1) is 6.61 Å². The van der Waals surface area contributed by atoms with Crippen LogP contribution in [-0.2, 0) is 9.53 Å². The van der Waals surface area contributed by atoms with Gasteiger partial charge >= 0.3 is 5.97 Å². The maximum absolute atomic E-state index is 13.0. The molecule has 2 aromatic carbocycles. The van der Waals surface area contributed by atoms with Crippen LogP contribution in [0.1, 0.15) is 49.5 Å². The van der Waals surface area contributed by atoms with E-state index in [1.165, 1.54) is 0 Å². The van der Waals surface area contributed by atoms with Gasteiger partial charge in [-0.2, -0.15) is 0 Å². The molecular formula is C28H28N2O4. The third-order valence-corrected chi connectivity index (χ3v) is 5.21. The van der Waals surface area contributed by atoms with Crippen molar-refractivity contribution in [1.29, 1.82) is 0 Å². The molecule has 0 aliphatic carbocycles. The van der Waals surface area contributed by atoms with Crippen LogP contribution in [0.2, 0.25) is 0 Å². The van der Waals surface area contributed by atoms with Crippen molar-refractivity contribution in [2.24, 2.45) is 0 Å². The zero-order valence-electron chi connectivity index (χ0n) is 19.6. The lowest BCUT2D eigenvalue weighted by Gasteiger charge is -2.19. The molecule has 6 nitrogen and oxygen atoms in total. The number of nitrogens with one attached hydrogen (secondary N) is 1. The van der Waals surface area contributed by atoms with E-state index in [-0.39, 0.29) is 11.8 Å². The molecule has 34 heavy (non-hydrogen) atoms. The molecule has 0 amide bonds. The van der Waals surface area contributed by atoms with Gasteiger partial charge in [0.25, 0.3) is 0 Å². The van der Waals surface area contributed by atoms with Gasteiger partial charge in [0.1, 0.15) is 17.0 Å². The average molecular weight is 457 g/mol. The Morgan fingerprint density at radius 1 is 0.971 bits per heavy atom. The second kappa shape index (κ2) is 9.91. The highest BCUT2D eigenvalue weighted by Crippen LogP contribution is 2.27. The van der Waals surface area contributed by atoms with Crippen LogP contribution in [0.3, 0.4) is 0 Å². The van der Waals surface area contributed by atoms with Gasteiger partial charge in [-0.1, -0.05) is 42.5 Å². The summed E-state index contributed by atoms with van der Waals surface area (Å²) in [5.74, 6) is 0.466. The van der Waals surface area contributed by atoms with Crippen LogP contribution in [0, 0.1) is 0 Å². The summed E-state index contributed by atoms with van der Waals surface area (Å²) in [6.45, 7) is 6.00. The number of ether oxygens (including phenoxy) is 2. The quantitative estimate of drug-likeness (QED) is 0.201. The first kappa shape index (κ1) is 23.2. The number of aromatic amines is 1. The molecule has 0 radical (unpaired) electrons. The zero-order valence-corrected chi connectivity index (χ0v) is 19.6. The molecule has 0 unspecified atom stereocenters. The van der Waals surface area contributed by atoms with Crippen molar-refractivity contribution < 1.29 is 19.1 Å². The SMILES string of the molecule is CC(C)(C)OC(=O)CCCOc1ccc(-c2cnc3[nH]cc(C(=O)c4ccccc4)c3c2)cc1. The number of rotatable bonds is 8. The van der Waals surface area contributed by atoms with Crippen molar-refractivity contribution >= 4 is 22.8 Å². The number of benzene rings is 2. The van der Waals surface area contributed by atoms with Crippen LogP contribution in [0.4, 0.5) is 0 Å². The van der Waals surface area contributed by atoms with E-state index in [4.69, 9.17) is 9.47 Å². The lowest BCUT2D eigenvalue weighted by atomic mass is 10.0. The fourth-order valence-corrected chi connectivity index (χ4v) is 3.64. The molecule has 0 atom stereocenters. The normalized spacial score (nSPS) is 11.4. The van der Waals surface area contributed by atoms with Crippen molar-refractivity contribution in [2.75, 3.05) is 6.61 Å². The summed E-state index contributed by atoms with van der Waals surface area (Å²) in [4.78, 5) is 32.3. The Labute approximate surface area is 198 Å². The molecule has 4 rings (SSSR count). The molecule has 2 heterocycles. The molecule has 0 spiro atoms. The fourth-order valence-electron chi connectivity index (χ4n) is 3.64. The van der Waals surface area contributed by atoms with Crippen LogP contribution < -0.4 is 4.74 Å². The van der Waals surface area contributed by atoms with E-state index >= 15 is 0 Å². The average Bonchev–Trinajstić information content (AvgIpc) is 3.24. The number of carbonyl (C=O) groups is 2. The van der Waals surface area contributed by atoms with Crippen molar-refractivity contribution in [3.05, 3.63) is 84.2 Å². The summed E-state index contributed by atoms with van der Waals surface area (Å²) in [6, 6.07) is 18.9. The lowest BCUT2D eigenvalue weighted by molar-refractivity contribution is -0.155. The highest BCUT2D eigenvalue weighted by molar-refractivity contribution is 6.16. The molecule has 0 saturated carbocycles. The van der Waals surface area contributed by atoms with Crippen LogP contribution in [0.15, 0.2) is 73.1 Å². The number of aromatic nitrogens is 2. The molecule has 0 aliphatic rings. The van der Waals surface area contributed by atoms with Gasteiger partial charge in [-0.25, -0.2) is 4.98 Å². The minimum absolute atomic E-state index is 0.0408. The van der Waals surface area contributed by atoms with E-state index in [2.05, 4.69) is 9.97 Å². The number of nitrogens with zero attached hydrogens (tertiary/aromatic N) is 1. The number of carbonyl (C=O) groups excluding carboxylic acids is 2. The van der Waals surface area contributed by atoms with E-state index < -0.39 is 5.60 Å². The summed E-state index contributed by atoms with van der Waals surface area (Å²) < 4.78 is 11.1. The van der Waals surface area contributed by atoms with Crippen LogP contribution in [0.5, 0.6) is 5.75 Å². The van der Waals surface area contributed by atoms with Gasteiger partial charge in [-0.3, -0.25) is 9.59 Å². The predicted octanol–water partition coefficient (Wildman–Crippen LogP) is 5.96. The smallest absolute Gasteiger partial charge is 0.306 e. The van der Waals surface area contributed by atoms with Crippen molar-refractivity contribution in [3.8, 4) is 16.9 Å². The number of hydrogen-bond acceptors (Lipinski definition) is 5. The van der Waals surface area contributed by atoms with Crippen molar-refractivity contribution in [1.82, 2.24) is 9.97 Å². The van der Waals surface area contributed by atoms with E-state index in [0.29, 0.717) is 36.2 Å². The van der Waals surface area contributed by atoms with Crippen LogP contribution in [0.25, 0.3) is 22.2 Å². The number of H-pyrrole nitrogens is 1. The predicted molar refractivity (Wildman–Crippen MR) is 132 cm³/mol. The van der Waals surface area contributed by atoms with E-state index in [1.807, 2.05) is 81.4 Å². The van der Waals surface area contributed by atoms with E-state index in [1.54, 1.807) is 12.4 Å². The summed E-state index contributed by atoms with van der Waals surface area (Å²) in [5, 5.41) is 0.786. The summed E-state index contributed by atoms with van der Waals surface area (Å²) in [7, 11) is 0. The topological polar surface area (TPSA) is 81.3 Å². The first-order valence-electron chi connectivity index (χ1n) is 11.3. The van der Waals surface area contributed by atoms with E-state index in [0.717, 1.165) is 22.3 Å². The van der Waals surface area contributed by atoms with Gasteiger partial charge in [0.15, 0.2) is 5.78 Å². The first-order valence-corrected chi connectivity index (χ1v) is 11.3. The fraction of sp³-hybridized carbons (Fsp3) is 0.250. The Hall–Kier alpha value is -3.93. The highest BCUT2D eigenvalue weighted by atomic mass is 16.6. The first-order chi connectivity index (χ1) is 16.3. The van der Waals surface area contributed by atoms with Gasteiger partial charge in [0, 0.05) is 40.9 Å². The Kier molecular flexibility index (Phi) is 6.77. The molecule has 2 aromatic heterocycles. The largest absolute Gasteiger partial charge is 0.494 e. The summed E-state index contributed by atoms with van der Waals surface area (Å²) >= 11 is 0. The molecule has 174 valence electrons. The van der Waals surface area contributed by atoms with Gasteiger partial charge in [-0.15, -0.1) is 0 Å². The number of pyridine rings is 1. The lowest BCUT2D eigenvalue weighted by Crippen LogP contribution is -2.23. The summed E-state index contributed by atoms with van der Waals surface area (Å²) in [5.41, 5.74) is 3.32. The minimum atomic E-state index is -0.471. The van der Waals surface area contributed by atoms with Crippen molar-refractivity contribution in [3.63, 3.8) is 0 Å². The zero-order chi connectivity index (χ0) is 24.1. The van der Waals surface area contributed by atoms with Crippen molar-refractivity contribution in [2.45, 2.75) is 39.2 Å². The third-order valence-electron chi connectivity index (χ3n) is 5.21. The molecule has 6 heteroatoms. The molecule has 0 bridgehead atoms. The highest BCUT2D eigenvalue weighted by Gasteiger charge is 2.16. The number of esters is 1. The van der Waals surface area contributed by atoms with Crippen LogP contribution in [-0.4, -0.2) is 33.9 Å². The third kappa shape index (κ3) is 5.70. The van der Waals surface area contributed by atoms with E-state index in [9.17, 15) is 9.59 Å². The number of hydrogen-bond donors (Lipinski definition) is 1. The molecule has 0 aliphatic heterocycles. The molecule has 0 fully saturated rings. The second-order valence-electron chi connectivity index (χ2n) is 9.08. The minimum Gasteiger partial charge on any atom is -0.494 e. The van der Waals surface area contributed by atoms with Gasteiger partial charge in [0.2, 0.25) is 0 Å². The molecule has 1 N–H and O–H groups in total. The number of fused-ring (bicyclic) bond motifs is 1. The standard InChI is InChI=1S/C28H28N2O4/c1-28(2,3)34-25(31)10-7-15-33-22-13-11-19(12-14-22)21-16-23-24(18-30-27(23)29-17-21)26(32)20-8-5-4-6-9-20/h4-6,8-9,11-14,16-18H,7,10,15H2,1-3H3,(H,29,30). The molecular weight excluding hydrogens is 428 g/mol. The Morgan fingerprint density at radius 2 is 1.71 bits per heavy atom. The molecule has 0 saturated heterocycles. The molecule has 4 aromatic rings. The monoisotopic (exact) mass is 456 g/mol. The Morgan fingerprint density at radius 3 is 2.41 bits per heavy atom. The summed E-state index contributed by atoms with van der Waals surface area (Å²) in [6.07, 6.45) is 4.40.